The van der Waals surface area contributed by atoms with Crippen LogP contribution in [0.5, 0.6) is 5.75 Å². The molecular formula is C26H20ClN3O2S. The Bertz CT molecular complexity index is 1300. The summed E-state index contributed by atoms with van der Waals surface area (Å²) >= 11 is 7.35. The average Bonchev–Trinajstić information content (AvgIpc) is 3.19. The summed E-state index contributed by atoms with van der Waals surface area (Å²) in [6.45, 7) is 0.371. The fraction of sp³-hybridized carbons (Fsp3) is 0.192. The molecule has 3 aromatic rings. The number of anilines is 1. The van der Waals surface area contributed by atoms with Gasteiger partial charge in [0.15, 0.2) is 0 Å². The maximum absolute atomic E-state index is 12.8. The van der Waals surface area contributed by atoms with Gasteiger partial charge in [0.25, 0.3) is 5.91 Å². The molecule has 1 aliphatic carbocycles. The first-order chi connectivity index (χ1) is 16.1. The second-order valence-corrected chi connectivity index (χ2v) is 9.18. The Balaban J connectivity index is 1.48. The molecule has 0 radical (unpaired) electrons. The number of nitrogens with zero attached hydrogens (tertiary/aromatic N) is 2. The molecule has 5 nitrogen and oxygen atoms in total. The number of ether oxygens (including phenoxy) is 1. The number of benzene rings is 2. The van der Waals surface area contributed by atoms with Gasteiger partial charge in [-0.2, -0.15) is 10.5 Å². The minimum Gasteiger partial charge on any atom is -0.489 e. The van der Waals surface area contributed by atoms with Crippen molar-refractivity contribution in [2.24, 2.45) is 0 Å². The van der Waals surface area contributed by atoms with Crippen molar-refractivity contribution in [3.05, 3.63) is 86.3 Å². The lowest BCUT2D eigenvalue weighted by atomic mass is 9.96. The van der Waals surface area contributed by atoms with E-state index in [1.165, 1.54) is 17.4 Å². The van der Waals surface area contributed by atoms with Crippen LogP contribution in [0, 0.1) is 22.7 Å². The fourth-order valence-corrected chi connectivity index (χ4v) is 5.06. The number of halogens is 1. The van der Waals surface area contributed by atoms with E-state index in [1.807, 2.05) is 24.3 Å². The molecule has 33 heavy (non-hydrogen) atoms. The van der Waals surface area contributed by atoms with Crippen molar-refractivity contribution in [3.63, 3.8) is 0 Å². The lowest BCUT2D eigenvalue weighted by molar-refractivity contribution is -0.112. The first kappa shape index (κ1) is 22.6. The molecule has 1 N–H and O–H groups in total. The predicted octanol–water partition coefficient (Wildman–Crippen LogP) is 6.28. The maximum Gasteiger partial charge on any atom is 0.266 e. The van der Waals surface area contributed by atoms with Gasteiger partial charge in [0, 0.05) is 9.90 Å². The predicted molar refractivity (Wildman–Crippen MR) is 130 cm³/mol. The number of thiophene rings is 1. The summed E-state index contributed by atoms with van der Waals surface area (Å²) in [5.74, 6) is 0.0918. The van der Waals surface area contributed by atoms with Crippen molar-refractivity contribution in [2.75, 3.05) is 5.32 Å². The van der Waals surface area contributed by atoms with E-state index in [4.69, 9.17) is 16.3 Å². The van der Waals surface area contributed by atoms with Crippen LogP contribution in [0.4, 0.5) is 5.00 Å². The van der Waals surface area contributed by atoms with Crippen LogP contribution in [0.2, 0.25) is 5.02 Å². The van der Waals surface area contributed by atoms with E-state index >= 15 is 0 Å². The third-order valence-electron chi connectivity index (χ3n) is 5.36. The van der Waals surface area contributed by atoms with Crippen LogP contribution in [-0.4, -0.2) is 5.91 Å². The Morgan fingerprint density at radius 2 is 1.94 bits per heavy atom. The normalized spacial score (nSPS) is 12.9. The molecular weight excluding hydrogens is 454 g/mol. The van der Waals surface area contributed by atoms with Gasteiger partial charge in [0.05, 0.1) is 5.56 Å². The minimum atomic E-state index is -0.528. The Morgan fingerprint density at radius 1 is 1.15 bits per heavy atom. The largest absolute Gasteiger partial charge is 0.489 e. The van der Waals surface area contributed by atoms with Crippen molar-refractivity contribution in [3.8, 4) is 17.9 Å². The summed E-state index contributed by atoms with van der Waals surface area (Å²) in [6.07, 6.45) is 5.43. The quantitative estimate of drug-likeness (QED) is 0.337. The third kappa shape index (κ3) is 5.43. The van der Waals surface area contributed by atoms with E-state index in [0.717, 1.165) is 41.7 Å². The number of rotatable bonds is 6. The van der Waals surface area contributed by atoms with Crippen LogP contribution in [0.25, 0.3) is 6.08 Å². The van der Waals surface area contributed by atoms with E-state index in [1.54, 1.807) is 30.3 Å². The number of nitrogens with one attached hydrogen (secondary N) is 1. The second-order valence-electron chi connectivity index (χ2n) is 7.64. The SMILES string of the molecule is N#CC(=Cc1cccc(OCc2ccc(Cl)cc2)c1)C(=O)Nc1sc2c(c1C#N)CCCC2. The molecule has 7 heteroatoms. The first-order valence-electron chi connectivity index (χ1n) is 10.5. The van der Waals surface area contributed by atoms with Gasteiger partial charge in [0.1, 0.15) is 35.1 Å². The summed E-state index contributed by atoms with van der Waals surface area (Å²) in [5.41, 5.74) is 3.17. The molecule has 0 atom stereocenters. The topological polar surface area (TPSA) is 85.9 Å². The van der Waals surface area contributed by atoms with Crippen LogP contribution < -0.4 is 10.1 Å². The van der Waals surface area contributed by atoms with E-state index in [9.17, 15) is 15.3 Å². The highest BCUT2D eigenvalue weighted by Gasteiger charge is 2.22. The molecule has 1 heterocycles. The summed E-state index contributed by atoms with van der Waals surface area (Å²) in [5, 5.41) is 23.1. The zero-order chi connectivity index (χ0) is 23.2. The van der Waals surface area contributed by atoms with Crippen LogP contribution >= 0.6 is 22.9 Å². The number of carbonyl (C=O) groups excluding carboxylic acids is 1. The van der Waals surface area contributed by atoms with Crippen LogP contribution in [-0.2, 0) is 24.2 Å². The van der Waals surface area contributed by atoms with Crippen molar-refractivity contribution >= 4 is 39.9 Å². The lowest BCUT2D eigenvalue weighted by Crippen LogP contribution is -2.13. The number of carbonyl (C=O) groups is 1. The maximum atomic E-state index is 12.8. The summed E-state index contributed by atoms with van der Waals surface area (Å²) < 4.78 is 5.83. The molecule has 0 aliphatic heterocycles. The number of nitriles is 2. The molecule has 0 saturated carbocycles. The molecule has 1 aromatic heterocycles. The van der Waals surface area contributed by atoms with Gasteiger partial charge in [-0.15, -0.1) is 11.3 Å². The van der Waals surface area contributed by atoms with Gasteiger partial charge in [-0.3, -0.25) is 4.79 Å². The molecule has 0 spiro atoms. The zero-order valence-electron chi connectivity index (χ0n) is 17.7. The molecule has 4 rings (SSSR count). The van der Waals surface area contributed by atoms with E-state index in [2.05, 4.69) is 11.4 Å². The lowest BCUT2D eigenvalue weighted by Gasteiger charge is -2.09. The standard InChI is InChI=1S/C26H20ClN3O2S/c27-20-10-8-17(9-11-20)16-32-21-5-3-4-18(13-21)12-19(14-28)25(31)30-26-23(15-29)22-6-1-2-7-24(22)33-26/h3-5,8-13H,1-2,6-7,16H2,(H,30,31). The number of amides is 1. The van der Waals surface area contributed by atoms with Gasteiger partial charge < -0.3 is 10.1 Å². The molecule has 0 fully saturated rings. The monoisotopic (exact) mass is 473 g/mol. The van der Waals surface area contributed by atoms with Gasteiger partial charge in [0.2, 0.25) is 0 Å². The van der Waals surface area contributed by atoms with Crippen LogP contribution in [0.15, 0.2) is 54.1 Å². The van der Waals surface area contributed by atoms with E-state index < -0.39 is 5.91 Å². The zero-order valence-corrected chi connectivity index (χ0v) is 19.3. The summed E-state index contributed by atoms with van der Waals surface area (Å²) in [6, 6.07) is 18.8. The Hall–Kier alpha value is -3.58. The molecule has 0 saturated heterocycles. The Morgan fingerprint density at radius 3 is 2.70 bits per heavy atom. The second kappa shape index (κ2) is 10.4. The highest BCUT2D eigenvalue weighted by molar-refractivity contribution is 7.16. The molecule has 0 bridgehead atoms. The number of hydrogen-bond donors (Lipinski definition) is 1. The fourth-order valence-electron chi connectivity index (χ4n) is 3.70. The van der Waals surface area contributed by atoms with Gasteiger partial charge >= 0.3 is 0 Å². The van der Waals surface area contributed by atoms with E-state index in [0.29, 0.717) is 33.5 Å². The van der Waals surface area contributed by atoms with Crippen molar-refractivity contribution in [1.82, 2.24) is 0 Å². The Kier molecular flexibility index (Phi) is 7.10. The Labute approximate surface area is 201 Å². The molecule has 164 valence electrons. The molecule has 2 aromatic carbocycles. The third-order valence-corrected chi connectivity index (χ3v) is 6.82. The van der Waals surface area contributed by atoms with Crippen LogP contribution in [0.3, 0.4) is 0 Å². The number of hydrogen-bond acceptors (Lipinski definition) is 5. The smallest absolute Gasteiger partial charge is 0.266 e. The van der Waals surface area contributed by atoms with Crippen molar-refractivity contribution in [2.45, 2.75) is 32.3 Å². The van der Waals surface area contributed by atoms with E-state index in [-0.39, 0.29) is 5.57 Å². The van der Waals surface area contributed by atoms with Gasteiger partial charge in [-0.1, -0.05) is 35.9 Å². The highest BCUT2D eigenvalue weighted by Crippen LogP contribution is 2.37. The average molecular weight is 474 g/mol. The summed E-state index contributed by atoms with van der Waals surface area (Å²) in [7, 11) is 0. The first-order valence-corrected chi connectivity index (χ1v) is 11.7. The summed E-state index contributed by atoms with van der Waals surface area (Å²) in [4.78, 5) is 14.0. The number of fused-ring (bicyclic) bond motifs is 1. The van der Waals surface area contributed by atoms with Crippen molar-refractivity contribution < 1.29 is 9.53 Å². The molecule has 1 amide bonds. The van der Waals surface area contributed by atoms with Crippen LogP contribution in [0.1, 0.15) is 40.0 Å². The van der Waals surface area contributed by atoms with Gasteiger partial charge in [-0.25, -0.2) is 0 Å². The molecule has 1 aliphatic rings. The van der Waals surface area contributed by atoms with Gasteiger partial charge in [-0.05, 0) is 72.7 Å². The highest BCUT2D eigenvalue weighted by atomic mass is 35.5. The molecule has 0 unspecified atom stereocenters. The van der Waals surface area contributed by atoms with Crippen molar-refractivity contribution in [1.29, 1.82) is 10.5 Å². The minimum absolute atomic E-state index is 0.0416. The number of aryl methyl sites for hydroxylation is 1.